The first kappa shape index (κ1) is 18.7. The lowest BCUT2D eigenvalue weighted by Gasteiger charge is -2.37. The fourth-order valence-electron chi connectivity index (χ4n) is 2.33. The van der Waals surface area contributed by atoms with Gasteiger partial charge in [0.1, 0.15) is 36.2 Å². The Morgan fingerprint density at radius 3 is 2.12 bits per heavy atom. The zero-order valence-corrected chi connectivity index (χ0v) is 13.8. The molecular weight excluding hydrogens is 334 g/mol. The summed E-state index contributed by atoms with van der Waals surface area (Å²) in [5, 5.41) is 57.1. The molecule has 1 aromatic carbocycles. The Bertz CT molecular complexity index is 582. The highest BCUT2D eigenvalue weighted by atomic mass is 32.1. The van der Waals surface area contributed by atoms with Crippen molar-refractivity contribution in [3.8, 4) is 0 Å². The van der Waals surface area contributed by atoms with Crippen LogP contribution < -0.4 is 5.32 Å². The summed E-state index contributed by atoms with van der Waals surface area (Å²) in [5.41, 5.74) is 0.735. The van der Waals surface area contributed by atoms with E-state index < -0.39 is 30.5 Å². The molecule has 2 unspecified atom stereocenters. The predicted octanol–water partition coefficient (Wildman–Crippen LogP) is -1.83. The fraction of sp³-hybridized carbons (Fsp3) is 0.467. The van der Waals surface area contributed by atoms with Crippen LogP contribution in [0.4, 0.5) is 0 Å². The summed E-state index contributed by atoms with van der Waals surface area (Å²) in [6.07, 6.45) is -8.19. The van der Waals surface area contributed by atoms with E-state index in [0.29, 0.717) is 6.54 Å². The molecule has 0 bridgehead atoms. The van der Waals surface area contributed by atoms with E-state index in [4.69, 9.17) is 12.2 Å². The average molecular weight is 355 g/mol. The number of nitrogens with zero attached hydrogens (tertiary/aromatic N) is 2. The van der Waals surface area contributed by atoms with Crippen molar-refractivity contribution in [3.63, 3.8) is 0 Å². The summed E-state index contributed by atoms with van der Waals surface area (Å²) in [7, 11) is 1.50. The monoisotopic (exact) mass is 355 g/mol. The molecule has 132 valence electrons. The summed E-state index contributed by atoms with van der Waals surface area (Å²) in [5.74, 6) is 0. The lowest BCUT2D eigenvalue weighted by molar-refractivity contribution is -0.130. The van der Waals surface area contributed by atoms with Crippen molar-refractivity contribution in [2.75, 3.05) is 7.05 Å². The van der Waals surface area contributed by atoms with Crippen LogP contribution in [0.5, 0.6) is 0 Å². The Kier molecular flexibility index (Phi) is 6.21. The molecule has 1 fully saturated rings. The van der Waals surface area contributed by atoms with Crippen molar-refractivity contribution >= 4 is 23.0 Å². The Morgan fingerprint density at radius 2 is 1.58 bits per heavy atom. The second-order valence-electron chi connectivity index (χ2n) is 5.55. The van der Waals surface area contributed by atoms with Gasteiger partial charge in [-0.25, -0.2) is 5.01 Å². The molecule has 0 saturated heterocycles. The molecule has 2 rings (SSSR count). The molecule has 8 nitrogen and oxygen atoms in total. The minimum absolute atomic E-state index is 0.223. The minimum atomic E-state index is -1.66. The number of benzene rings is 1. The smallest absolute Gasteiger partial charge is 0.189 e. The minimum Gasteiger partial charge on any atom is -0.387 e. The van der Waals surface area contributed by atoms with E-state index in [1.54, 1.807) is 0 Å². The molecule has 0 aliphatic heterocycles. The quantitative estimate of drug-likeness (QED) is 0.276. The van der Waals surface area contributed by atoms with Crippen LogP contribution in [-0.2, 0) is 6.54 Å². The van der Waals surface area contributed by atoms with E-state index in [2.05, 4.69) is 10.4 Å². The molecule has 24 heavy (non-hydrogen) atoms. The molecule has 9 heteroatoms. The molecular formula is C15H21N3O5S. The van der Waals surface area contributed by atoms with Crippen LogP contribution in [0.15, 0.2) is 35.4 Å². The van der Waals surface area contributed by atoms with E-state index in [-0.39, 0.29) is 10.8 Å². The van der Waals surface area contributed by atoms with Crippen molar-refractivity contribution < 1.29 is 25.5 Å². The number of hydrazone groups is 1. The van der Waals surface area contributed by atoms with Gasteiger partial charge in [0, 0.05) is 13.6 Å². The van der Waals surface area contributed by atoms with Crippen LogP contribution in [-0.4, -0.2) is 78.9 Å². The third-order valence-corrected chi connectivity index (χ3v) is 4.21. The van der Waals surface area contributed by atoms with E-state index in [9.17, 15) is 25.5 Å². The van der Waals surface area contributed by atoms with Gasteiger partial charge in [0.25, 0.3) is 0 Å². The second kappa shape index (κ2) is 7.97. The Morgan fingerprint density at radius 1 is 1.04 bits per heavy atom. The maximum atomic E-state index is 9.93. The molecule has 0 heterocycles. The van der Waals surface area contributed by atoms with Gasteiger partial charge in [0.15, 0.2) is 5.11 Å². The first-order valence-electron chi connectivity index (χ1n) is 7.37. The van der Waals surface area contributed by atoms with Crippen molar-refractivity contribution in [2.45, 2.75) is 37.1 Å². The van der Waals surface area contributed by atoms with Crippen molar-refractivity contribution in [1.29, 1.82) is 0 Å². The maximum Gasteiger partial charge on any atom is 0.189 e. The number of thiocarbonyl (C=S) groups is 1. The zero-order valence-electron chi connectivity index (χ0n) is 13.0. The number of nitrogens with one attached hydrogen (secondary N) is 1. The van der Waals surface area contributed by atoms with Gasteiger partial charge in [-0.05, 0) is 17.8 Å². The molecule has 6 N–H and O–H groups in total. The summed E-state index contributed by atoms with van der Waals surface area (Å²) in [6.45, 7) is 0.462. The number of aliphatic hydroxyl groups excluding tert-OH is 5. The lowest BCUT2D eigenvalue weighted by atomic mass is 9.85. The largest absolute Gasteiger partial charge is 0.387 e. The normalized spacial score (nSPS) is 31.8. The van der Waals surface area contributed by atoms with Gasteiger partial charge in [-0.3, -0.25) is 0 Å². The molecule has 1 aliphatic rings. The van der Waals surface area contributed by atoms with Crippen LogP contribution in [0.3, 0.4) is 0 Å². The van der Waals surface area contributed by atoms with Crippen molar-refractivity contribution in [1.82, 2.24) is 10.3 Å². The average Bonchev–Trinajstić information content (AvgIpc) is 2.60. The van der Waals surface area contributed by atoms with Crippen LogP contribution in [0.1, 0.15) is 5.56 Å². The SMILES string of the molecule is CN(N=C1[C@@H](O)[C@@H](O)C(O)C(O)[C@H]1O)C(=S)NCc1ccccc1. The van der Waals surface area contributed by atoms with Crippen molar-refractivity contribution in [3.05, 3.63) is 35.9 Å². The summed E-state index contributed by atoms with van der Waals surface area (Å²) in [6, 6.07) is 9.53. The standard InChI is InChI=1S/C15H21N3O5S/c1-18(15(24)16-7-8-5-3-2-4-6-8)17-9-10(19)12(21)14(23)13(22)11(9)20/h2-6,10-14,19-23H,7H2,1H3,(H,16,24)/t10-,11+,12-,13?,14?/m1/s1. The second-order valence-corrected chi connectivity index (χ2v) is 5.94. The molecule has 0 amide bonds. The van der Waals surface area contributed by atoms with Gasteiger partial charge >= 0.3 is 0 Å². The van der Waals surface area contributed by atoms with E-state index >= 15 is 0 Å². The van der Waals surface area contributed by atoms with Crippen molar-refractivity contribution in [2.24, 2.45) is 5.10 Å². The molecule has 1 aromatic rings. The lowest BCUT2D eigenvalue weighted by Crippen LogP contribution is -2.62. The third-order valence-electron chi connectivity index (χ3n) is 3.80. The van der Waals surface area contributed by atoms with Gasteiger partial charge in [-0.1, -0.05) is 30.3 Å². The Labute approximate surface area is 144 Å². The molecule has 0 radical (unpaired) electrons. The number of aliphatic hydroxyl groups is 5. The first-order chi connectivity index (χ1) is 11.3. The first-order valence-corrected chi connectivity index (χ1v) is 7.78. The molecule has 1 saturated carbocycles. The van der Waals surface area contributed by atoms with Gasteiger partial charge < -0.3 is 30.8 Å². The van der Waals surface area contributed by atoms with Crippen LogP contribution in [0, 0.1) is 0 Å². The Balaban J connectivity index is 2.04. The van der Waals surface area contributed by atoms with E-state index in [0.717, 1.165) is 5.56 Å². The third kappa shape index (κ3) is 4.07. The topological polar surface area (TPSA) is 129 Å². The molecule has 1 aliphatic carbocycles. The number of hydrogen-bond acceptors (Lipinski definition) is 7. The van der Waals surface area contributed by atoms with Gasteiger partial charge in [0.05, 0.1) is 0 Å². The summed E-state index contributed by atoms with van der Waals surface area (Å²) >= 11 is 5.17. The molecule has 0 spiro atoms. The van der Waals surface area contributed by atoms with Crippen LogP contribution in [0.2, 0.25) is 0 Å². The highest BCUT2D eigenvalue weighted by Gasteiger charge is 2.46. The maximum absolute atomic E-state index is 9.93. The molecule has 0 aromatic heterocycles. The van der Waals surface area contributed by atoms with E-state index in [1.165, 1.54) is 12.1 Å². The summed E-state index contributed by atoms with van der Waals surface area (Å²) < 4.78 is 0. The van der Waals surface area contributed by atoms with Gasteiger partial charge in [-0.15, -0.1) is 0 Å². The van der Waals surface area contributed by atoms with E-state index in [1.807, 2.05) is 30.3 Å². The number of rotatable bonds is 3. The zero-order chi connectivity index (χ0) is 17.9. The summed E-state index contributed by atoms with van der Waals surface area (Å²) in [4.78, 5) is 0. The molecule has 5 atom stereocenters. The van der Waals surface area contributed by atoms with Crippen LogP contribution in [0.25, 0.3) is 0 Å². The highest BCUT2D eigenvalue weighted by molar-refractivity contribution is 7.80. The van der Waals surface area contributed by atoms with Gasteiger partial charge in [-0.2, -0.15) is 5.10 Å². The fourth-order valence-corrected chi connectivity index (χ4v) is 2.44. The Hall–Kier alpha value is -1.62. The number of hydrogen-bond donors (Lipinski definition) is 6. The van der Waals surface area contributed by atoms with Gasteiger partial charge in [0.2, 0.25) is 0 Å². The predicted molar refractivity (Wildman–Crippen MR) is 91.1 cm³/mol. The van der Waals surface area contributed by atoms with Crippen LogP contribution >= 0.6 is 12.2 Å². The highest BCUT2D eigenvalue weighted by Crippen LogP contribution is 2.19.